The third-order valence-electron chi connectivity index (χ3n) is 4.22. The van der Waals surface area contributed by atoms with Crippen LogP contribution in [0.5, 0.6) is 0 Å². The van der Waals surface area contributed by atoms with Crippen molar-refractivity contribution in [1.82, 2.24) is 9.80 Å². The molecule has 7 heteroatoms. The topological polar surface area (TPSA) is 66.9 Å². The fourth-order valence-electron chi connectivity index (χ4n) is 2.69. The molecule has 2 fully saturated rings. The first kappa shape index (κ1) is 17.7. The Bertz CT molecular complexity index is 708. The van der Waals surface area contributed by atoms with Gasteiger partial charge in [0.15, 0.2) is 0 Å². The summed E-state index contributed by atoms with van der Waals surface area (Å²) in [4.78, 5) is 39.9. The maximum atomic E-state index is 12.5. The number of carbonyl (C=O) groups is 3. The van der Waals surface area contributed by atoms with Crippen LogP contribution in [0.1, 0.15) is 18.1 Å². The van der Waals surface area contributed by atoms with Crippen molar-refractivity contribution in [3.05, 3.63) is 40.3 Å². The van der Waals surface area contributed by atoms with Crippen molar-refractivity contribution in [2.45, 2.75) is 13.3 Å². The van der Waals surface area contributed by atoms with E-state index in [1.807, 2.05) is 24.3 Å². The Hall–Kier alpha value is -2.12. The van der Waals surface area contributed by atoms with E-state index >= 15 is 0 Å². The van der Waals surface area contributed by atoms with E-state index in [4.69, 9.17) is 4.74 Å². The maximum absolute atomic E-state index is 12.5. The molecule has 0 N–H and O–H groups in total. The second-order valence-electron chi connectivity index (χ2n) is 5.86. The van der Waals surface area contributed by atoms with Gasteiger partial charge in [-0.1, -0.05) is 31.2 Å². The van der Waals surface area contributed by atoms with Crippen molar-refractivity contribution in [3.63, 3.8) is 0 Å². The highest BCUT2D eigenvalue weighted by Crippen LogP contribution is 2.32. The number of hydrogen-bond donors (Lipinski definition) is 0. The molecule has 6 nitrogen and oxygen atoms in total. The van der Waals surface area contributed by atoms with Crippen molar-refractivity contribution < 1.29 is 19.1 Å². The highest BCUT2D eigenvalue weighted by atomic mass is 32.2. The van der Waals surface area contributed by atoms with Gasteiger partial charge in [0.05, 0.1) is 18.1 Å². The van der Waals surface area contributed by atoms with Crippen molar-refractivity contribution in [2.24, 2.45) is 0 Å². The van der Waals surface area contributed by atoms with Crippen molar-refractivity contribution in [1.29, 1.82) is 0 Å². The summed E-state index contributed by atoms with van der Waals surface area (Å²) in [6.07, 6.45) is 2.64. The van der Waals surface area contributed by atoms with E-state index < -0.39 is 11.1 Å². The molecule has 0 aliphatic carbocycles. The molecule has 0 atom stereocenters. The summed E-state index contributed by atoms with van der Waals surface area (Å²) in [6.45, 7) is 3.83. The second kappa shape index (κ2) is 7.84. The summed E-state index contributed by atoms with van der Waals surface area (Å²) >= 11 is 0.878. The summed E-state index contributed by atoms with van der Waals surface area (Å²) in [6, 6.07) is 7.84. The van der Waals surface area contributed by atoms with Crippen LogP contribution in [0, 0.1) is 0 Å². The van der Waals surface area contributed by atoms with Crippen LogP contribution >= 0.6 is 11.8 Å². The van der Waals surface area contributed by atoms with Gasteiger partial charge < -0.3 is 9.64 Å². The van der Waals surface area contributed by atoms with Gasteiger partial charge in [0.1, 0.15) is 6.54 Å². The number of carbonyl (C=O) groups excluding carboxylic acids is 3. The van der Waals surface area contributed by atoms with Gasteiger partial charge in [0.2, 0.25) is 5.91 Å². The number of morpholine rings is 1. The molecule has 132 valence electrons. The summed E-state index contributed by atoms with van der Waals surface area (Å²) < 4.78 is 5.21. The van der Waals surface area contributed by atoms with Crippen LogP contribution in [0.2, 0.25) is 0 Å². The van der Waals surface area contributed by atoms with Gasteiger partial charge in [-0.15, -0.1) is 0 Å². The molecule has 3 amide bonds. The highest BCUT2D eigenvalue weighted by Gasteiger charge is 2.37. The molecule has 2 saturated heterocycles. The Morgan fingerprint density at radius 3 is 2.52 bits per heavy atom. The van der Waals surface area contributed by atoms with Gasteiger partial charge in [-0.05, 0) is 35.4 Å². The predicted octanol–water partition coefficient (Wildman–Crippen LogP) is 2.14. The van der Waals surface area contributed by atoms with Crippen LogP contribution in [0.3, 0.4) is 0 Å². The number of nitrogens with zero attached hydrogens (tertiary/aromatic N) is 2. The second-order valence-corrected chi connectivity index (χ2v) is 6.85. The largest absolute Gasteiger partial charge is 0.378 e. The molecule has 2 heterocycles. The van der Waals surface area contributed by atoms with Crippen LogP contribution in [0.15, 0.2) is 29.2 Å². The number of hydrogen-bond acceptors (Lipinski definition) is 5. The molecule has 1 aromatic carbocycles. The zero-order chi connectivity index (χ0) is 17.8. The highest BCUT2D eigenvalue weighted by molar-refractivity contribution is 8.18. The lowest BCUT2D eigenvalue weighted by Crippen LogP contribution is -2.46. The molecule has 0 spiro atoms. The van der Waals surface area contributed by atoms with Gasteiger partial charge in [0, 0.05) is 13.1 Å². The Kier molecular flexibility index (Phi) is 5.55. The standard InChI is InChI=1S/C18H20N2O4S/c1-2-13-3-5-14(6-4-13)11-15-17(22)20(18(23)25-15)12-16(21)19-7-9-24-10-8-19/h3-6,11H,2,7-10,12H2,1H3/b15-11+. The van der Waals surface area contributed by atoms with Crippen LogP contribution in [-0.2, 0) is 20.7 Å². The first-order valence-electron chi connectivity index (χ1n) is 8.28. The zero-order valence-electron chi connectivity index (χ0n) is 14.1. The van der Waals surface area contributed by atoms with E-state index in [0.717, 1.165) is 28.6 Å². The molecule has 0 saturated carbocycles. The van der Waals surface area contributed by atoms with E-state index in [1.165, 1.54) is 5.56 Å². The smallest absolute Gasteiger partial charge is 0.294 e. The number of aryl methyl sites for hydroxylation is 1. The number of amides is 3. The summed E-state index contributed by atoms with van der Waals surface area (Å²) in [7, 11) is 0. The van der Waals surface area contributed by atoms with E-state index in [-0.39, 0.29) is 12.5 Å². The zero-order valence-corrected chi connectivity index (χ0v) is 14.9. The number of benzene rings is 1. The van der Waals surface area contributed by atoms with Gasteiger partial charge in [-0.25, -0.2) is 0 Å². The fraction of sp³-hybridized carbons (Fsp3) is 0.389. The molecular formula is C18H20N2O4S. The quantitative estimate of drug-likeness (QED) is 0.770. The van der Waals surface area contributed by atoms with Crippen LogP contribution in [-0.4, -0.2) is 59.7 Å². The minimum Gasteiger partial charge on any atom is -0.378 e. The van der Waals surface area contributed by atoms with Gasteiger partial charge in [-0.3, -0.25) is 19.3 Å². The van der Waals surface area contributed by atoms with Crippen LogP contribution in [0.4, 0.5) is 4.79 Å². The monoisotopic (exact) mass is 360 g/mol. The summed E-state index contributed by atoms with van der Waals surface area (Å²) in [5.74, 6) is -0.629. The molecular weight excluding hydrogens is 340 g/mol. The van der Waals surface area contributed by atoms with Crippen LogP contribution < -0.4 is 0 Å². The first-order valence-corrected chi connectivity index (χ1v) is 9.10. The van der Waals surface area contributed by atoms with Crippen molar-refractivity contribution in [3.8, 4) is 0 Å². The molecule has 0 unspecified atom stereocenters. The van der Waals surface area contributed by atoms with Gasteiger partial charge >= 0.3 is 0 Å². The Balaban J connectivity index is 1.68. The number of thioether (sulfide) groups is 1. The van der Waals surface area contributed by atoms with Crippen molar-refractivity contribution >= 4 is 34.9 Å². The van der Waals surface area contributed by atoms with Gasteiger partial charge in [0.25, 0.3) is 11.1 Å². The normalized spacial score (nSPS) is 19.8. The Morgan fingerprint density at radius 2 is 1.88 bits per heavy atom. The maximum Gasteiger partial charge on any atom is 0.294 e. The predicted molar refractivity (Wildman–Crippen MR) is 95.9 cm³/mol. The lowest BCUT2D eigenvalue weighted by Gasteiger charge is -2.28. The molecule has 1 aromatic rings. The summed E-state index contributed by atoms with van der Waals surface area (Å²) in [5.41, 5.74) is 2.07. The SMILES string of the molecule is CCc1ccc(/C=C2/SC(=O)N(CC(=O)N3CCOCC3)C2=O)cc1. The van der Waals surface area contributed by atoms with E-state index in [0.29, 0.717) is 31.2 Å². The van der Waals surface area contributed by atoms with E-state index in [9.17, 15) is 14.4 Å². The number of imide groups is 1. The van der Waals surface area contributed by atoms with Crippen LogP contribution in [0.25, 0.3) is 6.08 Å². The molecule has 2 aliphatic heterocycles. The average Bonchev–Trinajstić information content (AvgIpc) is 2.90. The lowest BCUT2D eigenvalue weighted by molar-refractivity contribution is -0.139. The molecule has 25 heavy (non-hydrogen) atoms. The molecule has 0 radical (unpaired) electrons. The molecule has 2 aliphatic rings. The van der Waals surface area contributed by atoms with Gasteiger partial charge in [-0.2, -0.15) is 0 Å². The minimum absolute atomic E-state index is 0.212. The van der Waals surface area contributed by atoms with E-state index in [2.05, 4.69) is 6.92 Å². The lowest BCUT2D eigenvalue weighted by atomic mass is 10.1. The fourth-order valence-corrected chi connectivity index (χ4v) is 3.52. The number of rotatable bonds is 4. The minimum atomic E-state index is -0.406. The Labute approximate surface area is 150 Å². The van der Waals surface area contributed by atoms with Crippen molar-refractivity contribution in [2.75, 3.05) is 32.8 Å². The average molecular weight is 360 g/mol. The first-order chi connectivity index (χ1) is 12.1. The third kappa shape index (κ3) is 4.11. The molecule has 0 bridgehead atoms. The molecule has 0 aromatic heterocycles. The third-order valence-corrected chi connectivity index (χ3v) is 5.12. The Morgan fingerprint density at radius 1 is 1.20 bits per heavy atom. The molecule has 3 rings (SSSR count). The summed E-state index contributed by atoms with van der Waals surface area (Å²) in [5, 5.41) is -0.400. The van der Waals surface area contributed by atoms with E-state index in [1.54, 1.807) is 11.0 Å². The number of ether oxygens (including phenoxy) is 1.